The molecule has 1 atom stereocenters. The maximum absolute atomic E-state index is 13.0. The van der Waals surface area contributed by atoms with Crippen LogP contribution in [0.1, 0.15) is 32.3 Å². The molecule has 0 bridgehead atoms. The van der Waals surface area contributed by atoms with E-state index in [-0.39, 0.29) is 12.3 Å². The number of piperidine rings is 1. The average Bonchev–Trinajstić information content (AvgIpc) is 2.67. The third-order valence-corrected chi connectivity index (χ3v) is 5.47. The molecule has 6 nitrogen and oxygen atoms in total. The van der Waals surface area contributed by atoms with Gasteiger partial charge in [-0.1, -0.05) is 12.1 Å². The molecule has 156 valence electrons. The minimum absolute atomic E-state index is 0.171. The predicted octanol–water partition coefficient (Wildman–Crippen LogP) is 2.29. The Morgan fingerprint density at radius 3 is 2.29 bits per heavy atom. The number of benzene rings is 1. The van der Waals surface area contributed by atoms with Gasteiger partial charge >= 0.3 is 0 Å². The minimum Gasteiger partial charge on any atom is -0.483 e. The molecule has 1 unspecified atom stereocenters. The topological polar surface area (TPSA) is 64.1 Å². The van der Waals surface area contributed by atoms with Gasteiger partial charge in [0.15, 0.2) is 0 Å². The smallest absolute Gasteiger partial charge is 0.290 e. The van der Waals surface area contributed by atoms with Gasteiger partial charge in [-0.25, -0.2) is 4.39 Å². The van der Waals surface area contributed by atoms with Crippen molar-refractivity contribution in [3.05, 3.63) is 35.6 Å². The van der Waals surface area contributed by atoms with Crippen molar-refractivity contribution in [1.29, 1.82) is 0 Å². The normalized spacial score (nSPS) is 21.4. The highest BCUT2D eigenvalue weighted by molar-refractivity contribution is 5.77. The zero-order chi connectivity index (χ0) is 20.5. The third-order valence-electron chi connectivity index (χ3n) is 5.47. The predicted molar refractivity (Wildman–Crippen MR) is 106 cm³/mol. The number of halogens is 1. The maximum Gasteiger partial charge on any atom is 0.290 e. The lowest BCUT2D eigenvalue weighted by Crippen LogP contribution is -2.51. The van der Waals surface area contributed by atoms with Gasteiger partial charge in [0.25, 0.3) is 6.47 Å². The van der Waals surface area contributed by atoms with E-state index in [2.05, 4.69) is 23.6 Å². The Morgan fingerprint density at radius 1 is 1.14 bits per heavy atom. The zero-order valence-electron chi connectivity index (χ0n) is 16.9. The molecule has 0 spiro atoms. The van der Waals surface area contributed by atoms with E-state index in [1.54, 1.807) is 0 Å². The van der Waals surface area contributed by atoms with Crippen LogP contribution in [-0.2, 0) is 16.1 Å². The van der Waals surface area contributed by atoms with Crippen LogP contribution in [0.3, 0.4) is 0 Å². The van der Waals surface area contributed by atoms with Gasteiger partial charge in [-0.3, -0.25) is 14.5 Å². The van der Waals surface area contributed by atoms with Crippen molar-refractivity contribution in [3.63, 3.8) is 0 Å². The van der Waals surface area contributed by atoms with E-state index in [0.29, 0.717) is 24.3 Å². The second-order valence-electron chi connectivity index (χ2n) is 7.85. The molecule has 7 heteroatoms. The van der Waals surface area contributed by atoms with Crippen molar-refractivity contribution < 1.29 is 19.1 Å². The van der Waals surface area contributed by atoms with E-state index >= 15 is 0 Å². The van der Waals surface area contributed by atoms with Crippen LogP contribution in [0.5, 0.6) is 0 Å². The molecule has 0 saturated carbocycles. The first-order chi connectivity index (χ1) is 13.4. The van der Waals surface area contributed by atoms with E-state index in [1.807, 2.05) is 17.0 Å². The third kappa shape index (κ3) is 6.87. The van der Waals surface area contributed by atoms with Crippen molar-refractivity contribution in [3.8, 4) is 0 Å². The molecule has 3 rings (SSSR count). The first kappa shape index (κ1) is 22.3. The zero-order valence-corrected chi connectivity index (χ0v) is 16.9. The summed E-state index contributed by atoms with van der Waals surface area (Å²) in [5.41, 5.74) is 1.17. The molecule has 2 saturated heterocycles. The Labute approximate surface area is 166 Å². The van der Waals surface area contributed by atoms with E-state index in [1.165, 1.54) is 17.7 Å². The van der Waals surface area contributed by atoms with Gasteiger partial charge in [-0.15, -0.1) is 0 Å². The molecule has 2 fully saturated rings. The summed E-state index contributed by atoms with van der Waals surface area (Å²) >= 11 is 0. The molecule has 2 aliphatic rings. The lowest BCUT2D eigenvalue weighted by molar-refractivity contribution is -0.137. The summed E-state index contributed by atoms with van der Waals surface area (Å²) < 4.78 is 13.0. The quantitative estimate of drug-likeness (QED) is 0.778. The molecule has 0 radical (unpaired) electrons. The van der Waals surface area contributed by atoms with Crippen LogP contribution in [0, 0.1) is 11.7 Å². The fourth-order valence-corrected chi connectivity index (χ4v) is 3.93. The van der Waals surface area contributed by atoms with Crippen LogP contribution in [0.25, 0.3) is 0 Å². The summed E-state index contributed by atoms with van der Waals surface area (Å²) in [4.78, 5) is 27.4. The molecule has 2 heterocycles. The number of hydrogen-bond acceptors (Lipinski definition) is 4. The number of carbonyl (C=O) groups is 2. The lowest BCUT2D eigenvalue weighted by Gasteiger charge is -2.40. The van der Waals surface area contributed by atoms with E-state index in [4.69, 9.17) is 9.90 Å². The van der Waals surface area contributed by atoms with Crippen LogP contribution in [0.2, 0.25) is 0 Å². The SMILES string of the molecule is CC(C)N1CC(CN2CCN(Cc3ccc(F)cc3)CC2)CCC1=O.O=CO. The molecule has 28 heavy (non-hydrogen) atoms. The fourth-order valence-electron chi connectivity index (χ4n) is 3.93. The van der Waals surface area contributed by atoms with Gasteiger partial charge < -0.3 is 14.9 Å². The van der Waals surface area contributed by atoms with Crippen molar-refractivity contribution >= 4 is 12.4 Å². The Kier molecular flexibility index (Phi) is 8.86. The number of carbonyl (C=O) groups excluding carboxylic acids is 1. The molecule has 1 aromatic carbocycles. The Morgan fingerprint density at radius 2 is 1.71 bits per heavy atom. The van der Waals surface area contributed by atoms with Crippen molar-refractivity contribution in [2.75, 3.05) is 39.3 Å². The highest BCUT2D eigenvalue weighted by Crippen LogP contribution is 2.21. The van der Waals surface area contributed by atoms with Gasteiger partial charge in [0, 0.05) is 58.3 Å². The number of amides is 1. The molecule has 1 aromatic rings. The van der Waals surface area contributed by atoms with Crippen LogP contribution < -0.4 is 0 Å². The molecule has 1 N–H and O–H groups in total. The molecular weight excluding hydrogens is 361 g/mol. The summed E-state index contributed by atoms with van der Waals surface area (Å²) in [7, 11) is 0. The van der Waals surface area contributed by atoms with E-state index in [0.717, 1.165) is 52.2 Å². The summed E-state index contributed by atoms with van der Waals surface area (Å²) in [5, 5.41) is 6.89. The molecule has 0 aliphatic carbocycles. The molecule has 1 amide bonds. The molecule has 0 aromatic heterocycles. The van der Waals surface area contributed by atoms with Crippen LogP contribution >= 0.6 is 0 Å². The van der Waals surface area contributed by atoms with E-state index < -0.39 is 0 Å². The number of rotatable bonds is 5. The van der Waals surface area contributed by atoms with Crippen LogP contribution in [0.4, 0.5) is 4.39 Å². The van der Waals surface area contributed by atoms with Gasteiger partial charge in [0.1, 0.15) is 5.82 Å². The number of hydrogen-bond donors (Lipinski definition) is 1. The van der Waals surface area contributed by atoms with Gasteiger partial charge in [0.2, 0.25) is 5.91 Å². The number of carboxylic acid groups (broad SMARTS) is 1. The van der Waals surface area contributed by atoms with Crippen LogP contribution in [-0.4, -0.2) is 77.5 Å². The fraction of sp³-hybridized carbons (Fsp3) is 0.619. The van der Waals surface area contributed by atoms with Crippen LogP contribution in [0.15, 0.2) is 24.3 Å². The highest BCUT2D eigenvalue weighted by atomic mass is 19.1. The Hall–Kier alpha value is -1.99. The Balaban J connectivity index is 0.000000878. The highest BCUT2D eigenvalue weighted by Gasteiger charge is 2.29. The van der Waals surface area contributed by atoms with Crippen molar-refractivity contribution in [1.82, 2.24) is 14.7 Å². The first-order valence-corrected chi connectivity index (χ1v) is 9.99. The van der Waals surface area contributed by atoms with Crippen molar-refractivity contribution in [2.24, 2.45) is 5.92 Å². The summed E-state index contributed by atoms with van der Waals surface area (Å²) in [6.07, 6.45) is 1.73. The molecular formula is C21H32FN3O3. The number of likely N-dealkylation sites (tertiary alicyclic amines) is 1. The number of nitrogens with zero attached hydrogens (tertiary/aromatic N) is 3. The summed E-state index contributed by atoms with van der Waals surface area (Å²) in [5.74, 6) is 0.745. The van der Waals surface area contributed by atoms with Gasteiger partial charge in [-0.05, 0) is 43.9 Å². The lowest BCUT2D eigenvalue weighted by atomic mass is 9.95. The van der Waals surface area contributed by atoms with E-state index in [9.17, 15) is 9.18 Å². The average molecular weight is 394 g/mol. The number of piperazine rings is 1. The second kappa shape index (κ2) is 11.1. The maximum atomic E-state index is 13.0. The molecule has 2 aliphatic heterocycles. The monoisotopic (exact) mass is 393 g/mol. The summed E-state index contributed by atoms with van der Waals surface area (Å²) in [6, 6.07) is 7.14. The Bertz CT molecular complexity index is 616. The standard InChI is InChI=1S/C20H30FN3O.CH2O2/c1-16(2)24-15-18(5-8-20(24)25)14-23-11-9-22(10-12-23)13-17-3-6-19(21)7-4-17;2-1-3/h3-4,6-7,16,18H,5,8-15H2,1-2H3;1H,(H,2,3). The minimum atomic E-state index is -0.250. The second-order valence-corrected chi connectivity index (χ2v) is 7.85. The summed E-state index contributed by atoms with van der Waals surface area (Å²) in [6.45, 7) is 11.1. The van der Waals surface area contributed by atoms with Gasteiger partial charge in [0.05, 0.1) is 0 Å². The largest absolute Gasteiger partial charge is 0.483 e. The van der Waals surface area contributed by atoms with Gasteiger partial charge in [-0.2, -0.15) is 0 Å². The first-order valence-electron chi connectivity index (χ1n) is 9.99. The van der Waals surface area contributed by atoms with Crippen molar-refractivity contribution in [2.45, 2.75) is 39.3 Å².